The van der Waals surface area contributed by atoms with Crippen molar-refractivity contribution in [3.63, 3.8) is 0 Å². The molecule has 0 aliphatic heterocycles. The molecule has 30 heavy (non-hydrogen) atoms. The second kappa shape index (κ2) is 8.34. The van der Waals surface area contributed by atoms with E-state index in [0.29, 0.717) is 37.0 Å². The Morgan fingerprint density at radius 2 is 1.63 bits per heavy atom. The quantitative estimate of drug-likeness (QED) is 0.513. The van der Waals surface area contributed by atoms with Gasteiger partial charge in [0.05, 0.1) is 17.8 Å². The van der Waals surface area contributed by atoms with Crippen molar-refractivity contribution in [2.24, 2.45) is 40.4 Å². The molecular formula is C27H48O3. The van der Waals surface area contributed by atoms with Crippen molar-refractivity contribution in [3.8, 4) is 0 Å². The molecule has 0 spiro atoms. The van der Waals surface area contributed by atoms with Crippen LogP contribution in [0.25, 0.3) is 0 Å². The van der Waals surface area contributed by atoms with Crippen LogP contribution in [0.3, 0.4) is 0 Å². The molecule has 3 heteroatoms. The van der Waals surface area contributed by atoms with Crippen LogP contribution >= 0.6 is 0 Å². The van der Waals surface area contributed by atoms with Crippen LogP contribution < -0.4 is 0 Å². The summed E-state index contributed by atoms with van der Waals surface area (Å²) in [5.41, 5.74) is -2.01. The molecule has 4 aliphatic carbocycles. The lowest BCUT2D eigenvalue weighted by atomic mass is 9.43. The summed E-state index contributed by atoms with van der Waals surface area (Å²) in [4.78, 5) is 0. The van der Waals surface area contributed by atoms with Crippen molar-refractivity contribution < 1.29 is 20.8 Å². The highest BCUT2D eigenvalue weighted by Gasteiger charge is 2.63. The van der Waals surface area contributed by atoms with Gasteiger partial charge < -0.3 is 15.3 Å². The monoisotopic (exact) mass is 424 g/mol. The Morgan fingerprint density at radius 3 is 2.37 bits per heavy atom. The summed E-state index contributed by atoms with van der Waals surface area (Å²) in [6.07, 6.45) is 3.03. The minimum atomic E-state index is -2.35. The number of fused-ring (bicyclic) bond motifs is 5. The molecule has 0 unspecified atom stereocenters. The molecule has 4 aliphatic rings. The molecule has 10 atom stereocenters. The normalized spacial score (nSPS) is 53.2. The molecule has 0 radical (unpaired) electrons. The second-order valence-corrected chi connectivity index (χ2v) is 11.9. The Morgan fingerprint density at radius 1 is 0.933 bits per heavy atom. The van der Waals surface area contributed by atoms with E-state index in [1.807, 2.05) is 6.92 Å². The molecule has 4 saturated carbocycles. The first kappa shape index (κ1) is 18.3. The van der Waals surface area contributed by atoms with Crippen molar-refractivity contribution in [1.82, 2.24) is 0 Å². The van der Waals surface area contributed by atoms with E-state index >= 15 is 0 Å². The molecular weight excluding hydrogens is 372 g/mol. The van der Waals surface area contributed by atoms with Gasteiger partial charge in [-0.05, 0) is 105 Å². The SMILES string of the molecule is [2H]C([2H])(CCCC)C([2H])([2H])[C@](C)(O)[C@H]1CC[C@H]2[C@@H]3C[C@H](O)[C@H]4C[C@@H](O)CC[C@]4(C)[C@H]3CC[C@@]21C. The number of hydrogen-bond acceptors (Lipinski definition) is 3. The number of aliphatic hydroxyl groups excluding tert-OH is 2. The molecule has 0 aromatic carbocycles. The third kappa shape index (κ3) is 3.69. The third-order valence-corrected chi connectivity index (χ3v) is 10.3. The van der Waals surface area contributed by atoms with Crippen LogP contribution in [-0.4, -0.2) is 33.1 Å². The lowest BCUT2D eigenvalue weighted by Crippen LogP contribution is -2.59. The maximum atomic E-state index is 11.8. The molecule has 0 saturated heterocycles. The van der Waals surface area contributed by atoms with E-state index in [2.05, 4.69) is 13.8 Å². The Kier molecular flexibility index (Phi) is 5.09. The molecule has 3 N–H and O–H groups in total. The smallest absolute Gasteiger partial charge is 0.0653 e. The van der Waals surface area contributed by atoms with Gasteiger partial charge >= 0.3 is 0 Å². The van der Waals surface area contributed by atoms with E-state index < -0.39 is 24.5 Å². The molecule has 0 aromatic rings. The number of unbranched alkanes of at least 4 members (excludes halogenated alkanes) is 1. The molecule has 4 rings (SSSR count). The molecule has 174 valence electrons. The van der Waals surface area contributed by atoms with Crippen LogP contribution in [0.4, 0.5) is 0 Å². The van der Waals surface area contributed by atoms with Crippen LogP contribution in [0.5, 0.6) is 0 Å². The average Bonchev–Trinajstić information content (AvgIpc) is 3.11. The highest BCUT2D eigenvalue weighted by Crippen LogP contribution is 2.68. The summed E-state index contributed by atoms with van der Waals surface area (Å²) < 4.78 is 34.7. The minimum absolute atomic E-state index is 0.0236. The van der Waals surface area contributed by atoms with Gasteiger partial charge in [-0.25, -0.2) is 0 Å². The first-order valence-electron chi connectivity index (χ1n) is 14.7. The summed E-state index contributed by atoms with van der Waals surface area (Å²) in [6.45, 7) is 8.07. The number of rotatable bonds is 6. The van der Waals surface area contributed by atoms with Crippen molar-refractivity contribution >= 4 is 0 Å². The van der Waals surface area contributed by atoms with Gasteiger partial charge in [0.15, 0.2) is 0 Å². The van der Waals surface area contributed by atoms with Gasteiger partial charge in [0, 0.05) is 5.48 Å². The van der Waals surface area contributed by atoms with E-state index in [4.69, 9.17) is 5.48 Å². The van der Waals surface area contributed by atoms with Crippen LogP contribution in [-0.2, 0) is 0 Å². The standard InChI is InChI=1S/C27H48O3/c1-5-6-7-8-13-27(4,30)24-10-9-20-19-17-23(29)22-16-18(28)11-14-25(22,2)21(19)12-15-26(20,24)3/h18-24,28-30H,5-17H2,1-4H3/t18-,19-,20-,21-,22+,23-,24-,25+,26-,27-/m0/s1/i8D2,13D2. The lowest BCUT2D eigenvalue weighted by Gasteiger charge is -2.62. The highest BCUT2D eigenvalue weighted by molar-refractivity contribution is 5.13. The minimum Gasteiger partial charge on any atom is -0.393 e. The van der Waals surface area contributed by atoms with Crippen molar-refractivity contribution in [2.45, 2.75) is 129 Å². The molecule has 3 nitrogen and oxygen atoms in total. The van der Waals surface area contributed by atoms with Gasteiger partial charge in [-0.2, -0.15) is 0 Å². The Labute approximate surface area is 190 Å². The zero-order valence-electron chi connectivity index (χ0n) is 23.7. The summed E-state index contributed by atoms with van der Waals surface area (Å²) in [6, 6.07) is 0. The van der Waals surface area contributed by atoms with Gasteiger partial charge in [0.25, 0.3) is 0 Å². The maximum absolute atomic E-state index is 11.8. The third-order valence-electron chi connectivity index (χ3n) is 10.3. The van der Waals surface area contributed by atoms with Crippen LogP contribution in [0.15, 0.2) is 0 Å². The highest BCUT2D eigenvalue weighted by atomic mass is 16.3. The Hall–Kier alpha value is -0.120. The number of hydrogen-bond donors (Lipinski definition) is 3. The first-order chi connectivity index (χ1) is 15.6. The fraction of sp³-hybridized carbons (Fsp3) is 1.00. The van der Waals surface area contributed by atoms with Crippen molar-refractivity contribution in [1.29, 1.82) is 0 Å². The van der Waals surface area contributed by atoms with E-state index in [-0.39, 0.29) is 35.2 Å². The van der Waals surface area contributed by atoms with E-state index in [1.54, 1.807) is 6.92 Å². The fourth-order valence-electron chi connectivity index (χ4n) is 8.80. The van der Waals surface area contributed by atoms with Gasteiger partial charge in [-0.3, -0.25) is 0 Å². The zero-order valence-corrected chi connectivity index (χ0v) is 19.7. The predicted molar refractivity (Wildman–Crippen MR) is 122 cm³/mol. The van der Waals surface area contributed by atoms with Crippen molar-refractivity contribution in [2.75, 3.05) is 0 Å². The molecule has 0 heterocycles. The summed E-state index contributed by atoms with van der Waals surface area (Å²) >= 11 is 0. The maximum Gasteiger partial charge on any atom is 0.0653 e. The van der Waals surface area contributed by atoms with E-state index in [0.717, 1.165) is 44.9 Å². The Bertz CT molecular complexity index is 758. The van der Waals surface area contributed by atoms with Crippen LogP contribution in [0.1, 0.15) is 117 Å². The molecule has 0 bridgehead atoms. The molecule has 0 aromatic heterocycles. The predicted octanol–water partition coefficient (Wildman–Crippen LogP) is 5.70. The van der Waals surface area contributed by atoms with Gasteiger partial charge in [-0.15, -0.1) is 0 Å². The van der Waals surface area contributed by atoms with E-state index in [9.17, 15) is 15.3 Å². The summed E-state index contributed by atoms with van der Waals surface area (Å²) in [7, 11) is 0. The largest absolute Gasteiger partial charge is 0.393 e. The first-order valence-corrected chi connectivity index (χ1v) is 12.7. The topological polar surface area (TPSA) is 60.7 Å². The number of aliphatic hydroxyl groups is 3. The second-order valence-electron chi connectivity index (χ2n) is 11.9. The molecule has 4 fully saturated rings. The van der Waals surface area contributed by atoms with Crippen LogP contribution in [0, 0.1) is 40.4 Å². The average molecular weight is 425 g/mol. The van der Waals surface area contributed by atoms with Gasteiger partial charge in [0.1, 0.15) is 0 Å². The van der Waals surface area contributed by atoms with Crippen LogP contribution in [0.2, 0.25) is 0 Å². The fourth-order valence-corrected chi connectivity index (χ4v) is 8.80. The lowest BCUT2D eigenvalue weighted by molar-refractivity contribution is -0.179. The van der Waals surface area contributed by atoms with Crippen molar-refractivity contribution in [3.05, 3.63) is 0 Å². The van der Waals surface area contributed by atoms with Gasteiger partial charge in [0.2, 0.25) is 0 Å². The summed E-state index contributed by atoms with van der Waals surface area (Å²) in [5, 5.41) is 33.3. The van der Waals surface area contributed by atoms with E-state index in [1.165, 1.54) is 0 Å². The Balaban J connectivity index is 1.61. The summed E-state index contributed by atoms with van der Waals surface area (Å²) in [5.74, 6) is 0.964. The molecule has 0 amide bonds. The zero-order chi connectivity index (χ0) is 25.3. The van der Waals surface area contributed by atoms with Gasteiger partial charge in [-0.1, -0.05) is 46.4 Å².